The molecule has 2 heterocycles. The van der Waals surface area contributed by atoms with Crippen LogP contribution in [0.4, 0.5) is 0 Å². The number of hydrogen-bond acceptors (Lipinski definition) is 6. The Bertz CT molecular complexity index is 465. The van der Waals surface area contributed by atoms with Gasteiger partial charge in [-0.2, -0.15) is 5.26 Å². The van der Waals surface area contributed by atoms with E-state index < -0.39 is 6.10 Å². The molecular formula is C11H14N4O3. The van der Waals surface area contributed by atoms with E-state index in [4.69, 9.17) is 20.3 Å². The van der Waals surface area contributed by atoms with Gasteiger partial charge in [0.05, 0.1) is 31.0 Å². The number of nitrogens with one attached hydrogen (secondary N) is 1. The second-order valence-electron chi connectivity index (χ2n) is 3.95. The van der Waals surface area contributed by atoms with E-state index in [1.807, 2.05) is 4.90 Å². The highest BCUT2D eigenvalue weighted by Crippen LogP contribution is 2.15. The molecule has 1 aliphatic heterocycles. The van der Waals surface area contributed by atoms with Crippen LogP contribution in [0.3, 0.4) is 0 Å². The lowest BCUT2D eigenvalue weighted by molar-refractivity contribution is -0.00495. The lowest BCUT2D eigenvalue weighted by Crippen LogP contribution is -2.41. The van der Waals surface area contributed by atoms with Gasteiger partial charge in [-0.15, -0.1) is 0 Å². The Kier molecular flexibility index (Phi) is 3.94. The molecule has 1 unspecified atom stereocenters. The number of hydrogen-bond donors (Lipinski definition) is 2. The number of furan rings is 1. The molecule has 1 saturated heterocycles. The zero-order valence-corrected chi connectivity index (χ0v) is 9.76. The summed E-state index contributed by atoms with van der Waals surface area (Å²) in [5.74, 6) is 5.24. The van der Waals surface area contributed by atoms with Crippen LogP contribution in [0.2, 0.25) is 0 Å². The Morgan fingerprint density at radius 3 is 3.28 bits per heavy atom. The quantitative estimate of drug-likeness (QED) is 0.430. The first kappa shape index (κ1) is 12.6. The van der Waals surface area contributed by atoms with Crippen LogP contribution in [-0.2, 0) is 11.3 Å². The van der Waals surface area contributed by atoms with Crippen molar-refractivity contribution < 1.29 is 13.9 Å². The summed E-state index contributed by atoms with van der Waals surface area (Å²) in [6, 6.07) is 3.64. The molecule has 1 amide bonds. The van der Waals surface area contributed by atoms with Crippen LogP contribution in [0.1, 0.15) is 16.1 Å². The number of rotatable bonds is 3. The summed E-state index contributed by atoms with van der Waals surface area (Å²) in [5, 5.41) is 8.81. The van der Waals surface area contributed by atoms with Crippen molar-refractivity contribution in [3.05, 3.63) is 23.7 Å². The monoisotopic (exact) mass is 250 g/mol. The van der Waals surface area contributed by atoms with Crippen molar-refractivity contribution in [1.29, 1.82) is 5.26 Å². The number of ether oxygens (including phenoxy) is 1. The summed E-state index contributed by atoms with van der Waals surface area (Å²) < 4.78 is 10.5. The van der Waals surface area contributed by atoms with E-state index >= 15 is 0 Å². The van der Waals surface area contributed by atoms with Gasteiger partial charge in [0.15, 0.2) is 6.10 Å². The average molecular weight is 250 g/mol. The fourth-order valence-electron chi connectivity index (χ4n) is 1.87. The summed E-state index contributed by atoms with van der Waals surface area (Å²) >= 11 is 0. The molecule has 0 bridgehead atoms. The molecule has 3 N–H and O–H groups in total. The van der Waals surface area contributed by atoms with Crippen molar-refractivity contribution in [1.82, 2.24) is 10.3 Å². The average Bonchev–Trinajstić information content (AvgIpc) is 2.86. The van der Waals surface area contributed by atoms with Crippen molar-refractivity contribution in [3.8, 4) is 6.07 Å². The van der Waals surface area contributed by atoms with E-state index in [1.165, 1.54) is 6.26 Å². The second kappa shape index (κ2) is 5.64. The standard InChI is InChI=1S/C11H14N4O3/c12-5-8-6-15(2-4-17-8)7-10-9(1-3-18-10)11(16)14-13/h1,3,8H,2,4,6-7,13H2,(H,14,16). The maximum atomic E-state index is 11.5. The Morgan fingerprint density at radius 2 is 2.56 bits per heavy atom. The molecule has 1 aliphatic rings. The summed E-state index contributed by atoms with van der Waals surface area (Å²) in [6.45, 7) is 2.15. The maximum Gasteiger partial charge on any atom is 0.268 e. The number of hydrazine groups is 1. The van der Waals surface area contributed by atoms with Crippen LogP contribution < -0.4 is 11.3 Å². The van der Waals surface area contributed by atoms with Gasteiger partial charge in [0.25, 0.3) is 5.91 Å². The highest BCUT2D eigenvalue weighted by molar-refractivity contribution is 5.94. The molecule has 0 saturated carbocycles. The predicted octanol–water partition coefficient (Wildman–Crippen LogP) is -0.393. The van der Waals surface area contributed by atoms with Crippen molar-refractivity contribution >= 4 is 5.91 Å². The van der Waals surface area contributed by atoms with Crippen LogP contribution in [0.25, 0.3) is 0 Å². The molecule has 18 heavy (non-hydrogen) atoms. The predicted molar refractivity (Wildman–Crippen MR) is 61.0 cm³/mol. The van der Waals surface area contributed by atoms with Gasteiger partial charge in [0.1, 0.15) is 5.76 Å². The van der Waals surface area contributed by atoms with Gasteiger partial charge < -0.3 is 9.15 Å². The minimum absolute atomic E-state index is 0.385. The van der Waals surface area contributed by atoms with Crippen molar-refractivity contribution in [2.45, 2.75) is 12.6 Å². The van der Waals surface area contributed by atoms with Crippen LogP contribution in [-0.4, -0.2) is 36.6 Å². The minimum atomic E-state index is -0.430. The molecule has 0 aliphatic carbocycles. The molecule has 1 atom stereocenters. The van der Waals surface area contributed by atoms with Gasteiger partial charge in [-0.1, -0.05) is 0 Å². The molecule has 7 nitrogen and oxygen atoms in total. The number of amides is 1. The Labute approximate surface area is 104 Å². The van der Waals surface area contributed by atoms with Gasteiger partial charge in [-0.25, -0.2) is 5.84 Å². The lowest BCUT2D eigenvalue weighted by Gasteiger charge is -2.28. The van der Waals surface area contributed by atoms with Gasteiger partial charge in [0, 0.05) is 13.1 Å². The molecule has 0 aromatic carbocycles. The number of carbonyl (C=O) groups excluding carboxylic acids is 1. The molecule has 2 rings (SSSR count). The summed E-state index contributed by atoms with van der Waals surface area (Å²) in [5.41, 5.74) is 2.48. The van der Waals surface area contributed by atoms with Crippen LogP contribution >= 0.6 is 0 Å². The number of morpholine rings is 1. The van der Waals surface area contributed by atoms with Crippen molar-refractivity contribution in [2.24, 2.45) is 5.84 Å². The molecule has 7 heteroatoms. The number of nitrogen functional groups attached to an aromatic ring is 1. The fourth-order valence-corrected chi connectivity index (χ4v) is 1.87. The summed E-state index contributed by atoms with van der Waals surface area (Å²) in [6.07, 6.45) is 1.02. The van der Waals surface area contributed by atoms with Gasteiger partial charge in [-0.05, 0) is 6.07 Å². The normalized spacial score (nSPS) is 20.3. The fraction of sp³-hybridized carbons (Fsp3) is 0.455. The Balaban J connectivity index is 2.03. The summed E-state index contributed by atoms with van der Waals surface area (Å²) in [4.78, 5) is 13.5. The zero-order chi connectivity index (χ0) is 13.0. The third kappa shape index (κ3) is 2.68. The molecule has 1 fully saturated rings. The lowest BCUT2D eigenvalue weighted by atomic mass is 10.2. The first-order valence-corrected chi connectivity index (χ1v) is 5.55. The molecular weight excluding hydrogens is 236 g/mol. The highest BCUT2D eigenvalue weighted by atomic mass is 16.5. The molecule has 0 spiro atoms. The molecule has 1 aromatic rings. The topological polar surface area (TPSA) is 105 Å². The minimum Gasteiger partial charge on any atom is -0.467 e. The zero-order valence-electron chi connectivity index (χ0n) is 9.76. The van der Waals surface area contributed by atoms with Crippen LogP contribution in [0, 0.1) is 11.3 Å². The molecule has 0 radical (unpaired) electrons. The SMILES string of the molecule is N#CC1CN(Cc2occc2C(=O)NN)CCO1. The van der Waals surface area contributed by atoms with E-state index in [0.717, 1.165) is 0 Å². The second-order valence-corrected chi connectivity index (χ2v) is 3.95. The number of carbonyl (C=O) groups is 1. The smallest absolute Gasteiger partial charge is 0.268 e. The van der Waals surface area contributed by atoms with Gasteiger partial charge in [0.2, 0.25) is 0 Å². The maximum absolute atomic E-state index is 11.5. The first-order chi connectivity index (χ1) is 8.74. The van der Waals surface area contributed by atoms with Crippen LogP contribution in [0.5, 0.6) is 0 Å². The number of nitriles is 1. The molecule has 1 aromatic heterocycles. The van der Waals surface area contributed by atoms with E-state index in [2.05, 4.69) is 11.5 Å². The van der Waals surface area contributed by atoms with E-state index in [1.54, 1.807) is 6.07 Å². The van der Waals surface area contributed by atoms with Crippen LogP contribution in [0.15, 0.2) is 16.7 Å². The van der Waals surface area contributed by atoms with E-state index in [9.17, 15) is 4.79 Å². The first-order valence-electron chi connectivity index (χ1n) is 5.55. The molecule has 96 valence electrons. The van der Waals surface area contributed by atoms with E-state index in [0.29, 0.717) is 37.6 Å². The third-order valence-corrected chi connectivity index (χ3v) is 2.78. The Morgan fingerprint density at radius 1 is 1.72 bits per heavy atom. The largest absolute Gasteiger partial charge is 0.467 e. The summed E-state index contributed by atoms with van der Waals surface area (Å²) in [7, 11) is 0. The number of nitrogens with zero attached hydrogens (tertiary/aromatic N) is 2. The van der Waals surface area contributed by atoms with Gasteiger partial charge in [-0.3, -0.25) is 15.1 Å². The van der Waals surface area contributed by atoms with E-state index in [-0.39, 0.29) is 5.91 Å². The Hall–Kier alpha value is -1.88. The van der Waals surface area contributed by atoms with Gasteiger partial charge >= 0.3 is 0 Å². The van der Waals surface area contributed by atoms with Crippen molar-refractivity contribution in [3.63, 3.8) is 0 Å². The third-order valence-electron chi connectivity index (χ3n) is 2.78. The highest BCUT2D eigenvalue weighted by Gasteiger charge is 2.23. The van der Waals surface area contributed by atoms with Crippen molar-refractivity contribution in [2.75, 3.05) is 19.7 Å². The number of nitrogens with two attached hydrogens (primary N) is 1.